The molecule has 2 aliphatic rings. The summed E-state index contributed by atoms with van der Waals surface area (Å²) >= 11 is 0. The predicted molar refractivity (Wildman–Crippen MR) is 116 cm³/mol. The molecule has 0 spiro atoms. The first kappa shape index (κ1) is 20.9. The van der Waals surface area contributed by atoms with E-state index in [4.69, 9.17) is 0 Å². The highest BCUT2D eigenvalue weighted by Gasteiger charge is 2.46. The van der Waals surface area contributed by atoms with Crippen LogP contribution in [0.15, 0.2) is 30.5 Å². The summed E-state index contributed by atoms with van der Waals surface area (Å²) in [5.74, 6) is -1.19. The maximum Gasteiger partial charge on any atom is 0.344 e. The molecule has 3 N–H and O–H groups in total. The third kappa shape index (κ3) is 3.84. The second-order valence-corrected chi connectivity index (χ2v) is 8.85. The molecule has 2 aromatic rings. The molecule has 7 nitrogen and oxygen atoms in total. The van der Waals surface area contributed by atoms with Gasteiger partial charge in [0.1, 0.15) is 0 Å². The monoisotopic (exact) mass is 412 g/mol. The predicted octanol–water partition coefficient (Wildman–Crippen LogP) is 2.75. The van der Waals surface area contributed by atoms with E-state index in [9.17, 15) is 14.7 Å². The number of amides is 1. The first-order chi connectivity index (χ1) is 14.4. The van der Waals surface area contributed by atoms with Gasteiger partial charge in [-0.1, -0.05) is 24.6 Å². The molecular weight excluding hydrogens is 380 g/mol. The van der Waals surface area contributed by atoms with Crippen molar-refractivity contribution in [3.63, 3.8) is 0 Å². The van der Waals surface area contributed by atoms with Gasteiger partial charge >= 0.3 is 5.97 Å². The van der Waals surface area contributed by atoms with Crippen LogP contribution in [0.5, 0.6) is 0 Å². The zero-order valence-electron chi connectivity index (χ0n) is 17.9. The van der Waals surface area contributed by atoms with Crippen molar-refractivity contribution in [2.75, 3.05) is 26.2 Å². The van der Waals surface area contributed by atoms with Gasteiger partial charge in [0.15, 0.2) is 5.66 Å². The fraction of sp³-hybridized carbons (Fsp3) is 0.565. The van der Waals surface area contributed by atoms with Gasteiger partial charge in [0.25, 0.3) is 0 Å². The Balaban J connectivity index is 1.70. The number of piperidine rings is 2. The number of carbonyl (C=O) groups excluding carboxylic acids is 1. The Labute approximate surface area is 177 Å². The summed E-state index contributed by atoms with van der Waals surface area (Å²) in [6, 6.07) is 8.66. The number of nitrogens with zero attached hydrogens (tertiary/aromatic N) is 2. The van der Waals surface area contributed by atoms with Crippen LogP contribution < -0.4 is 5.32 Å². The Morgan fingerprint density at radius 3 is 2.60 bits per heavy atom. The third-order valence-electron chi connectivity index (χ3n) is 6.93. The van der Waals surface area contributed by atoms with E-state index >= 15 is 0 Å². The van der Waals surface area contributed by atoms with Gasteiger partial charge in [-0.15, -0.1) is 0 Å². The SMILES string of the molecule is CC(=O)NC(C)(C(=O)O)N1CCC(N2CCCCC2)C(c2c[nH]c3ccccc23)C1. The number of aromatic nitrogens is 1. The highest BCUT2D eigenvalue weighted by molar-refractivity contribution is 5.85. The van der Waals surface area contributed by atoms with Crippen molar-refractivity contribution in [2.45, 2.75) is 57.2 Å². The number of likely N-dealkylation sites (tertiary alicyclic amines) is 2. The van der Waals surface area contributed by atoms with Crippen molar-refractivity contribution in [3.05, 3.63) is 36.0 Å². The second-order valence-electron chi connectivity index (χ2n) is 8.85. The van der Waals surface area contributed by atoms with Gasteiger partial charge in [0, 0.05) is 49.1 Å². The van der Waals surface area contributed by atoms with E-state index < -0.39 is 11.6 Å². The molecule has 1 amide bonds. The summed E-state index contributed by atoms with van der Waals surface area (Å²) in [6.07, 6.45) is 6.70. The number of nitrogens with one attached hydrogen (secondary N) is 2. The molecule has 3 unspecified atom stereocenters. The third-order valence-corrected chi connectivity index (χ3v) is 6.93. The fourth-order valence-corrected chi connectivity index (χ4v) is 5.35. The van der Waals surface area contributed by atoms with Gasteiger partial charge in [-0.05, 0) is 50.9 Å². The molecule has 0 radical (unpaired) electrons. The van der Waals surface area contributed by atoms with Gasteiger partial charge in [-0.25, -0.2) is 4.79 Å². The average molecular weight is 413 g/mol. The summed E-state index contributed by atoms with van der Waals surface area (Å²) in [7, 11) is 0. The standard InChI is InChI=1S/C23H32N4O3/c1-16(28)25-23(2,22(29)30)27-13-10-21(26-11-6-3-7-12-26)19(15-27)18-14-24-20-9-5-4-8-17(18)20/h4-5,8-9,14,19,21,24H,3,6-7,10-13,15H2,1-2H3,(H,25,28)(H,29,30). The van der Waals surface area contributed by atoms with Crippen molar-refractivity contribution >= 4 is 22.8 Å². The molecule has 4 rings (SSSR count). The maximum atomic E-state index is 12.2. The summed E-state index contributed by atoms with van der Waals surface area (Å²) in [5, 5.41) is 13.8. The average Bonchev–Trinajstić information content (AvgIpc) is 3.17. The largest absolute Gasteiger partial charge is 0.478 e. The van der Waals surface area contributed by atoms with Crippen molar-refractivity contribution in [1.29, 1.82) is 0 Å². The number of para-hydroxylation sites is 1. The lowest BCUT2D eigenvalue weighted by atomic mass is 9.82. The zero-order chi connectivity index (χ0) is 21.3. The molecule has 0 aliphatic carbocycles. The van der Waals surface area contributed by atoms with Gasteiger partial charge in [-0.3, -0.25) is 14.6 Å². The molecule has 0 bridgehead atoms. The van der Waals surface area contributed by atoms with E-state index in [-0.39, 0.29) is 11.8 Å². The molecule has 3 atom stereocenters. The number of aromatic amines is 1. The summed E-state index contributed by atoms with van der Waals surface area (Å²) in [6.45, 7) is 6.41. The fourth-order valence-electron chi connectivity index (χ4n) is 5.35. The molecule has 2 aliphatic heterocycles. The Bertz CT molecular complexity index is 920. The molecule has 2 fully saturated rings. The number of rotatable bonds is 5. The number of benzene rings is 1. The first-order valence-electron chi connectivity index (χ1n) is 11.0. The molecule has 1 aromatic carbocycles. The van der Waals surface area contributed by atoms with Crippen LogP contribution in [-0.4, -0.2) is 69.7 Å². The zero-order valence-corrected chi connectivity index (χ0v) is 17.9. The maximum absolute atomic E-state index is 12.2. The van der Waals surface area contributed by atoms with Crippen molar-refractivity contribution in [3.8, 4) is 0 Å². The Kier molecular flexibility index (Phi) is 5.84. The van der Waals surface area contributed by atoms with E-state index in [2.05, 4.69) is 39.6 Å². The smallest absolute Gasteiger partial charge is 0.344 e. The lowest BCUT2D eigenvalue weighted by Crippen LogP contribution is -2.67. The van der Waals surface area contributed by atoms with E-state index in [0.29, 0.717) is 19.1 Å². The van der Waals surface area contributed by atoms with Crippen LogP contribution >= 0.6 is 0 Å². The van der Waals surface area contributed by atoms with E-state index in [1.807, 2.05) is 11.0 Å². The summed E-state index contributed by atoms with van der Waals surface area (Å²) in [5.41, 5.74) is 0.926. The van der Waals surface area contributed by atoms with Gasteiger partial charge in [-0.2, -0.15) is 0 Å². The molecule has 3 heterocycles. The molecule has 7 heteroatoms. The minimum atomic E-state index is -1.41. The Morgan fingerprint density at radius 1 is 1.17 bits per heavy atom. The van der Waals surface area contributed by atoms with E-state index in [1.165, 1.54) is 37.1 Å². The number of carbonyl (C=O) groups is 2. The number of hydrogen-bond acceptors (Lipinski definition) is 4. The van der Waals surface area contributed by atoms with Crippen LogP contribution in [0.2, 0.25) is 0 Å². The minimum absolute atomic E-state index is 0.167. The van der Waals surface area contributed by atoms with E-state index in [1.54, 1.807) is 6.92 Å². The number of hydrogen-bond donors (Lipinski definition) is 3. The van der Waals surface area contributed by atoms with Crippen molar-refractivity contribution in [2.24, 2.45) is 0 Å². The number of fused-ring (bicyclic) bond motifs is 1. The Hall–Kier alpha value is -2.38. The highest BCUT2D eigenvalue weighted by atomic mass is 16.4. The van der Waals surface area contributed by atoms with Crippen LogP contribution in [0, 0.1) is 0 Å². The van der Waals surface area contributed by atoms with Crippen molar-refractivity contribution in [1.82, 2.24) is 20.1 Å². The normalized spacial score (nSPS) is 25.7. The number of carboxylic acid groups (broad SMARTS) is 1. The highest BCUT2D eigenvalue weighted by Crippen LogP contribution is 2.37. The quantitative estimate of drug-likeness (QED) is 0.703. The van der Waals surface area contributed by atoms with Crippen LogP contribution in [-0.2, 0) is 9.59 Å². The van der Waals surface area contributed by atoms with Crippen LogP contribution in [0.1, 0.15) is 51.0 Å². The van der Waals surface area contributed by atoms with Crippen LogP contribution in [0.25, 0.3) is 10.9 Å². The Morgan fingerprint density at radius 2 is 1.90 bits per heavy atom. The summed E-state index contributed by atoms with van der Waals surface area (Å²) in [4.78, 5) is 31.9. The number of aliphatic carboxylic acids is 1. The number of H-pyrrole nitrogens is 1. The topological polar surface area (TPSA) is 88.7 Å². The van der Waals surface area contributed by atoms with Crippen LogP contribution in [0.3, 0.4) is 0 Å². The molecule has 2 saturated heterocycles. The molecular formula is C23H32N4O3. The second kappa shape index (κ2) is 8.40. The van der Waals surface area contributed by atoms with Gasteiger partial charge < -0.3 is 15.4 Å². The lowest BCUT2D eigenvalue weighted by Gasteiger charge is -2.49. The summed E-state index contributed by atoms with van der Waals surface area (Å²) < 4.78 is 0. The molecule has 1 aromatic heterocycles. The lowest BCUT2D eigenvalue weighted by molar-refractivity contribution is -0.157. The minimum Gasteiger partial charge on any atom is -0.478 e. The van der Waals surface area contributed by atoms with Crippen LogP contribution in [0.4, 0.5) is 0 Å². The van der Waals surface area contributed by atoms with Gasteiger partial charge in [0.05, 0.1) is 0 Å². The van der Waals surface area contributed by atoms with Gasteiger partial charge in [0.2, 0.25) is 5.91 Å². The molecule has 0 saturated carbocycles. The van der Waals surface area contributed by atoms with Crippen molar-refractivity contribution < 1.29 is 14.7 Å². The molecule has 30 heavy (non-hydrogen) atoms. The number of carboxylic acids is 1. The molecule has 162 valence electrons. The van der Waals surface area contributed by atoms with E-state index in [0.717, 1.165) is 25.0 Å². The first-order valence-corrected chi connectivity index (χ1v) is 11.0.